The van der Waals surface area contributed by atoms with E-state index in [0.29, 0.717) is 0 Å². The Morgan fingerprint density at radius 2 is 1.81 bits per heavy atom. The van der Waals surface area contributed by atoms with Gasteiger partial charge in [0.1, 0.15) is 5.75 Å². The molecule has 1 atom stereocenters. The first-order valence-electron chi connectivity index (χ1n) is 10.5. The lowest BCUT2D eigenvalue weighted by atomic mass is 10.0. The summed E-state index contributed by atoms with van der Waals surface area (Å²) >= 11 is 0. The van der Waals surface area contributed by atoms with Crippen molar-refractivity contribution in [3.8, 4) is 5.75 Å². The van der Waals surface area contributed by atoms with Crippen LogP contribution in [-0.4, -0.2) is 42.5 Å². The van der Waals surface area contributed by atoms with Gasteiger partial charge in [0.15, 0.2) is 0 Å². The van der Waals surface area contributed by atoms with Crippen molar-refractivity contribution in [3.05, 3.63) is 71.4 Å². The van der Waals surface area contributed by atoms with E-state index >= 15 is 0 Å². The van der Waals surface area contributed by atoms with E-state index < -0.39 is 23.2 Å². The van der Waals surface area contributed by atoms with Crippen LogP contribution in [-0.2, 0) is 6.18 Å². The maximum Gasteiger partial charge on any atom is 0.417 e. The second kappa shape index (κ2) is 9.16. The first-order valence-corrected chi connectivity index (χ1v) is 10.5. The lowest BCUT2D eigenvalue weighted by molar-refractivity contribution is -0.136. The number of benzene rings is 2. The van der Waals surface area contributed by atoms with Crippen LogP contribution in [0.2, 0.25) is 0 Å². The molecule has 5 nitrogen and oxygen atoms in total. The molecule has 1 amide bonds. The fourth-order valence-corrected chi connectivity index (χ4v) is 4.24. The summed E-state index contributed by atoms with van der Waals surface area (Å²) in [6, 6.07) is 13.4. The molecular weight excluding hydrogens is 419 g/mol. The number of hydrogen-bond acceptors (Lipinski definition) is 4. The van der Waals surface area contributed by atoms with Gasteiger partial charge in [-0.1, -0.05) is 30.3 Å². The van der Waals surface area contributed by atoms with Crippen LogP contribution in [0.25, 0.3) is 10.9 Å². The molecular formula is C24H24F3N3O2. The molecule has 3 aromatic rings. The monoisotopic (exact) mass is 443 g/mol. The average molecular weight is 443 g/mol. The first-order chi connectivity index (χ1) is 15.4. The van der Waals surface area contributed by atoms with Gasteiger partial charge in [0.2, 0.25) is 0 Å². The van der Waals surface area contributed by atoms with Crippen LogP contribution >= 0.6 is 0 Å². The van der Waals surface area contributed by atoms with Crippen LogP contribution in [0.4, 0.5) is 13.2 Å². The van der Waals surface area contributed by atoms with E-state index in [1.54, 1.807) is 13.2 Å². The largest absolute Gasteiger partial charge is 0.497 e. The standard InChI is InChI=1S/C24H24F3N3O2/c1-32-17-10-8-16(9-11-17)21(30-12-4-5-13-30)15-29-23(31)19-14-28-20-7-3-2-6-18(20)22(19)24(25,26)27/h2-3,6-11,14,21H,4-5,12-13,15H2,1H3,(H,29,31). The Kier molecular flexibility index (Phi) is 6.32. The van der Waals surface area contributed by atoms with Gasteiger partial charge in [-0.3, -0.25) is 14.7 Å². The fourth-order valence-electron chi connectivity index (χ4n) is 4.24. The maximum absolute atomic E-state index is 13.9. The van der Waals surface area contributed by atoms with Crippen molar-refractivity contribution in [1.82, 2.24) is 15.2 Å². The van der Waals surface area contributed by atoms with Crippen LogP contribution in [0.1, 0.15) is 40.4 Å². The number of para-hydroxylation sites is 1. The van der Waals surface area contributed by atoms with Crippen LogP contribution in [0.5, 0.6) is 5.75 Å². The Bertz CT molecular complexity index is 1090. The molecule has 0 aliphatic carbocycles. The predicted molar refractivity (Wildman–Crippen MR) is 116 cm³/mol. The maximum atomic E-state index is 13.9. The molecule has 2 heterocycles. The summed E-state index contributed by atoms with van der Waals surface area (Å²) in [6.45, 7) is 1.94. The fraction of sp³-hybridized carbons (Fsp3) is 0.333. The number of ether oxygens (including phenoxy) is 1. The third-order valence-electron chi connectivity index (χ3n) is 5.84. The number of nitrogens with zero attached hydrogens (tertiary/aromatic N) is 2. The molecule has 1 saturated heterocycles. The van der Waals surface area contributed by atoms with E-state index in [1.807, 2.05) is 24.3 Å². The Balaban J connectivity index is 1.61. The zero-order valence-electron chi connectivity index (χ0n) is 17.7. The van der Waals surface area contributed by atoms with Crippen LogP contribution < -0.4 is 10.1 Å². The highest BCUT2D eigenvalue weighted by Gasteiger charge is 2.38. The van der Waals surface area contributed by atoms with Gasteiger partial charge >= 0.3 is 6.18 Å². The third kappa shape index (κ3) is 4.55. The molecule has 1 N–H and O–H groups in total. The molecule has 1 aliphatic heterocycles. The lowest BCUT2D eigenvalue weighted by Crippen LogP contribution is -2.37. The van der Waals surface area contributed by atoms with Gasteiger partial charge in [-0.15, -0.1) is 0 Å². The van der Waals surface area contributed by atoms with E-state index in [1.165, 1.54) is 18.2 Å². The summed E-state index contributed by atoms with van der Waals surface area (Å²) in [6.07, 6.45) is -1.57. The molecule has 8 heteroatoms. The van der Waals surface area contributed by atoms with Gasteiger partial charge in [-0.2, -0.15) is 13.2 Å². The number of alkyl halides is 3. The number of carbonyl (C=O) groups excluding carboxylic acids is 1. The van der Waals surface area contributed by atoms with Gasteiger partial charge in [0.05, 0.1) is 29.8 Å². The number of aromatic nitrogens is 1. The minimum atomic E-state index is -4.68. The summed E-state index contributed by atoms with van der Waals surface area (Å²) in [5, 5.41) is 2.64. The number of rotatable bonds is 6. The second-order valence-electron chi connectivity index (χ2n) is 7.80. The molecule has 1 aromatic heterocycles. The number of nitrogens with one attached hydrogen (secondary N) is 1. The van der Waals surface area contributed by atoms with E-state index in [0.717, 1.165) is 43.4 Å². The number of pyridine rings is 1. The quantitative estimate of drug-likeness (QED) is 0.593. The molecule has 0 radical (unpaired) electrons. The van der Waals surface area contributed by atoms with Crippen LogP contribution in [0.15, 0.2) is 54.7 Å². The molecule has 168 valence electrons. The number of carbonyl (C=O) groups is 1. The van der Waals surface area contributed by atoms with Gasteiger partial charge in [0.25, 0.3) is 5.91 Å². The Morgan fingerprint density at radius 3 is 2.47 bits per heavy atom. The molecule has 0 spiro atoms. The highest BCUT2D eigenvalue weighted by Crippen LogP contribution is 2.37. The van der Waals surface area contributed by atoms with Crippen LogP contribution in [0.3, 0.4) is 0 Å². The Morgan fingerprint density at radius 1 is 1.12 bits per heavy atom. The van der Waals surface area contributed by atoms with Crippen LogP contribution in [0, 0.1) is 0 Å². The predicted octanol–water partition coefficient (Wildman–Crippen LogP) is 4.83. The van der Waals surface area contributed by atoms with Gasteiger partial charge in [-0.05, 0) is 49.7 Å². The number of likely N-dealkylation sites (tertiary alicyclic amines) is 1. The number of hydrogen-bond donors (Lipinski definition) is 1. The van der Waals surface area contributed by atoms with Gasteiger partial charge < -0.3 is 10.1 Å². The topological polar surface area (TPSA) is 54.5 Å². The van der Waals surface area contributed by atoms with Gasteiger partial charge in [0, 0.05) is 18.1 Å². The van der Waals surface area contributed by atoms with Crippen molar-refractivity contribution in [2.75, 3.05) is 26.7 Å². The zero-order chi connectivity index (χ0) is 22.7. The van der Waals surface area contributed by atoms with Crippen molar-refractivity contribution in [1.29, 1.82) is 0 Å². The zero-order valence-corrected chi connectivity index (χ0v) is 17.7. The van der Waals surface area contributed by atoms with Crippen molar-refractivity contribution >= 4 is 16.8 Å². The van der Waals surface area contributed by atoms with Crippen molar-refractivity contribution in [2.45, 2.75) is 25.1 Å². The molecule has 1 aliphatic rings. The minimum absolute atomic E-state index is 0.0844. The Labute approximate surface area is 184 Å². The smallest absolute Gasteiger partial charge is 0.417 e. The number of halogens is 3. The molecule has 0 saturated carbocycles. The number of methoxy groups -OCH3 is 1. The van der Waals surface area contributed by atoms with E-state index in [2.05, 4.69) is 15.2 Å². The second-order valence-corrected chi connectivity index (χ2v) is 7.80. The summed E-state index contributed by atoms with van der Waals surface area (Å²) in [5.74, 6) is -0.0664. The Hall–Kier alpha value is -3.13. The first kappa shape index (κ1) is 22.1. The van der Waals surface area contributed by atoms with Crippen molar-refractivity contribution < 1.29 is 22.7 Å². The minimum Gasteiger partial charge on any atom is -0.497 e. The molecule has 4 rings (SSSR count). The lowest BCUT2D eigenvalue weighted by Gasteiger charge is -2.28. The van der Waals surface area contributed by atoms with Gasteiger partial charge in [-0.25, -0.2) is 0 Å². The van der Waals surface area contributed by atoms with E-state index in [4.69, 9.17) is 4.74 Å². The number of fused-ring (bicyclic) bond motifs is 1. The van der Waals surface area contributed by atoms with Crippen molar-refractivity contribution in [2.24, 2.45) is 0 Å². The summed E-state index contributed by atoms with van der Waals surface area (Å²) < 4.78 is 46.9. The van der Waals surface area contributed by atoms with E-state index in [-0.39, 0.29) is 23.5 Å². The summed E-state index contributed by atoms with van der Waals surface area (Å²) in [5.41, 5.74) is -0.251. The third-order valence-corrected chi connectivity index (χ3v) is 5.84. The molecule has 0 bridgehead atoms. The summed E-state index contributed by atoms with van der Waals surface area (Å²) in [4.78, 5) is 19.2. The van der Waals surface area contributed by atoms with E-state index in [9.17, 15) is 18.0 Å². The number of amides is 1. The molecule has 1 fully saturated rings. The van der Waals surface area contributed by atoms with Crippen molar-refractivity contribution in [3.63, 3.8) is 0 Å². The normalized spacial score (nSPS) is 15.6. The molecule has 1 unspecified atom stereocenters. The molecule has 32 heavy (non-hydrogen) atoms. The average Bonchev–Trinajstić information content (AvgIpc) is 3.32. The highest BCUT2D eigenvalue weighted by molar-refractivity contribution is 6.00. The highest BCUT2D eigenvalue weighted by atomic mass is 19.4. The SMILES string of the molecule is COc1ccc(C(CNC(=O)c2cnc3ccccc3c2C(F)(F)F)N2CCCC2)cc1. The molecule has 2 aromatic carbocycles. The summed E-state index contributed by atoms with van der Waals surface area (Å²) in [7, 11) is 1.59.